The zero-order valence-electron chi connectivity index (χ0n) is 10.2. The van der Waals surface area contributed by atoms with Crippen molar-refractivity contribution in [3.63, 3.8) is 0 Å². The Morgan fingerprint density at radius 3 is 3.06 bits per heavy atom. The minimum absolute atomic E-state index is 0.784. The first-order valence-electron chi connectivity index (χ1n) is 5.98. The lowest BCUT2D eigenvalue weighted by Gasteiger charge is -2.29. The predicted octanol–water partition coefficient (Wildman–Crippen LogP) is 0.246. The van der Waals surface area contributed by atoms with E-state index in [-0.39, 0.29) is 0 Å². The smallest absolute Gasteiger partial charge is 0.140 e. The molecule has 0 radical (unpaired) electrons. The number of rotatable bonds is 4. The second kappa shape index (κ2) is 5.41. The van der Waals surface area contributed by atoms with Crippen molar-refractivity contribution in [1.82, 2.24) is 25.0 Å². The number of hydrogen-bond donors (Lipinski definition) is 1. The summed E-state index contributed by atoms with van der Waals surface area (Å²) in [4.78, 5) is 6.61. The highest BCUT2D eigenvalue weighted by molar-refractivity contribution is 4.83. The van der Waals surface area contributed by atoms with E-state index in [1.165, 1.54) is 25.9 Å². The zero-order chi connectivity index (χ0) is 11.4. The standard InChI is InChI=1S/C11H21N5/c1-15-5-3-4-10(8-15)6-12-7-11-13-9-14-16(11)2/h9-10,12H,3-8H2,1-2H3. The molecule has 0 aromatic carbocycles. The van der Waals surface area contributed by atoms with E-state index in [0.29, 0.717) is 0 Å². The molecule has 1 aromatic heterocycles. The number of aromatic nitrogens is 3. The van der Waals surface area contributed by atoms with Crippen molar-refractivity contribution in [3.05, 3.63) is 12.2 Å². The molecular formula is C11H21N5. The van der Waals surface area contributed by atoms with Gasteiger partial charge in [0.25, 0.3) is 0 Å². The van der Waals surface area contributed by atoms with Crippen molar-refractivity contribution in [2.24, 2.45) is 13.0 Å². The lowest BCUT2D eigenvalue weighted by Crippen LogP contribution is -2.37. The fourth-order valence-electron chi connectivity index (χ4n) is 2.31. The van der Waals surface area contributed by atoms with E-state index in [1.807, 2.05) is 11.7 Å². The summed E-state index contributed by atoms with van der Waals surface area (Å²) in [5, 5.41) is 7.52. The molecule has 16 heavy (non-hydrogen) atoms. The van der Waals surface area contributed by atoms with Gasteiger partial charge in [0.15, 0.2) is 0 Å². The van der Waals surface area contributed by atoms with Crippen LogP contribution in [-0.2, 0) is 13.6 Å². The Balaban J connectivity index is 1.70. The van der Waals surface area contributed by atoms with E-state index in [9.17, 15) is 0 Å². The summed E-state index contributed by atoms with van der Waals surface area (Å²) in [6.45, 7) is 4.36. The van der Waals surface area contributed by atoms with Crippen LogP contribution >= 0.6 is 0 Å². The summed E-state index contributed by atoms with van der Waals surface area (Å²) in [7, 11) is 4.13. The van der Waals surface area contributed by atoms with Crippen molar-refractivity contribution >= 4 is 0 Å². The van der Waals surface area contributed by atoms with Gasteiger partial charge >= 0.3 is 0 Å². The Morgan fingerprint density at radius 1 is 1.50 bits per heavy atom. The maximum Gasteiger partial charge on any atom is 0.140 e. The van der Waals surface area contributed by atoms with Crippen molar-refractivity contribution in [1.29, 1.82) is 0 Å². The molecule has 2 rings (SSSR count). The molecule has 1 N–H and O–H groups in total. The molecule has 1 unspecified atom stereocenters. The molecule has 5 heteroatoms. The molecule has 0 amide bonds. The number of hydrogen-bond acceptors (Lipinski definition) is 4. The molecule has 1 atom stereocenters. The number of piperidine rings is 1. The quantitative estimate of drug-likeness (QED) is 0.794. The summed E-state index contributed by atoms with van der Waals surface area (Å²) in [5.41, 5.74) is 0. The molecule has 1 aromatic rings. The number of likely N-dealkylation sites (tertiary alicyclic amines) is 1. The van der Waals surface area contributed by atoms with Crippen LogP contribution in [0, 0.1) is 5.92 Å². The van der Waals surface area contributed by atoms with Gasteiger partial charge in [-0.05, 0) is 38.9 Å². The summed E-state index contributed by atoms with van der Waals surface area (Å²) in [6, 6.07) is 0. The van der Waals surface area contributed by atoms with Gasteiger partial charge in [0.05, 0.1) is 6.54 Å². The first kappa shape index (κ1) is 11.5. The van der Waals surface area contributed by atoms with Gasteiger partial charge in [-0.25, -0.2) is 4.98 Å². The van der Waals surface area contributed by atoms with Gasteiger partial charge in [-0.2, -0.15) is 5.10 Å². The largest absolute Gasteiger partial charge is 0.310 e. The van der Waals surface area contributed by atoms with Crippen molar-refractivity contribution in [2.45, 2.75) is 19.4 Å². The number of nitrogens with one attached hydrogen (secondary N) is 1. The normalized spacial score (nSPS) is 22.5. The van der Waals surface area contributed by atoms with Crippen LogP contribution in [0.1, 0.15) is 18.7 Å². The van der Waals surface area contributed by atoms with E-state index >= 15 is 0 Å². The minimum atomic E-state index is 0.784. The van der Waals surface area contributed by atoms with Crippen LogP contribution in [-0.4, -0.2) is 46.3 Å². The number of nitrogens with zero attached hydrogens (tertiary/aromatic N) is 4. The molecule has 90 valence electrons. The van der Waals surface area contributed by atoms with Crippen molar-refractivity contribution < 1.29 is 0 Å². The van der Waals surface area contributed by atoms with Crippen molar-refractivity contribution in [3.8, 4) is 0 Å². The number of aryl methyl sites for hydroxylation is 1. The second-order valence-corrected chi connectivity index (χ2v) is 4.70. The maximum atomic E-state index is 4.19. The molecule has 1 aliphatic rings. The highest BCUT2D eigenvalue weighted by atomic mass is 15.3. The van der Waals surface area contributed by atoms with Gasteiger partial charge in [0.1, 0.15) is 12.2 Å². The van der Waals surface area contributed by atoms with E-state index in [0.717, 1.165) is 24.8 Å². The third kappa shape index (κ3) is 3.02. The van der Waals surface area contributed by atoms with Gasteiger partial charge in [-0.15, -0.1) is 0 Å². The average molecular weight is 223 g/mol. The molecule has 1 fully saturated rings. The topological polar surface area (TPSA) is 46.0 Å². The van der Waals surface area contributed by atoms with E-state index in [1.54, 1.807) is 6.33 Å². The van der Waals surface area contributed by atoms with Crippen LogP contribution in [0.3, 0.4) is 0 Å². The molecule has 1 aliphatic heterocycles. The van der Waals surface area contributed by atoms with Crippen molar-refractivity contribution in [2.75, 3.05) is 26.7 Å². The van der Waals surface area contributed by atoms with Crippen LogP contribution in [0.15, 0.2) is 6.33 Å². The molecular weight excluding hydrogens is 202 g/mol. The second-order valence-electron chi connectivity index (χ2n) is 4.70. The van der Waals surface area contributed by atoms with E-state index in [2.05, 4.69) is 27.3 Å². The lowest BCUT2D eigenvalue weighted by molar-refractivity contribution is 0.206. The zero-order valence-corrected chi connectivity index (χ0v) is 10.2. The molecule has 0 bridgehead atoms. The first-order valence-corrected chi connectivity index (χ1v) is 5.98. The highest BCUT2D eigenvalue weighted by Gasteiger charge is 2.16. The molecule has 5 nitrogen and oxygen atoms in total. The first-order chi connectivity index (χ1) is 7.75. The van der Waals surface area contributed by atoms with Crippen LogP contribution < -0.4 is 5.32 Å². The Hall–Kier alpha value is -0.940. The van der Waals surface area contributed by atoms with Gasteiger partial charge < -0.3 is 10.2 Å². The summed E-state index contributed by atoms with van der Waals surface area (Å²) in [5.74, 6) is 1.79. The maximum absolute atomic E-state index is 4.19. The molecule has 0 aliphatic carbocycles. The van der Waals surface area contributed by atoms with Gasteiger partial charge in [-0.3, -0.25) is 4.68 Å². The molecule has 0 spiro atoms. The van der Waals surface area contributed by atoms with Gasteiger partial charge in [0.2, 0.25) is 0 Å². The lowest BCUT2D eigenvalue weighted by atomic mass is 9.98. The van der Waals surface area contributed by atoms with E-state index in [4.69, 9.17) is 0 Å². The Kier molecular flexibility index (Phi) is 3.90. The molecule has 0 saturated carbocycles. The monoisotopic (exact) mass is 223 g/mol. The minimum Gasteiger partial charge on any atom is -0.310 e. The Labute approximate surface area is 96.8 Å². The molecule has 2 heterocycles. The van der Waals surface area contributed by atoms with Gasteiger partial charge in [0, 0.05) is 13.6 Å². The Morgan fingerprint density at radius 2 is 2.38 bits per heavy atom. The van der Waals surface area contributed by atoms with Crippen LogP contribution in [0.4, 0.5) is 0 Å². The highest BCUT2D eigenvalue weighted by Crippen LogP contribution is 2.13. The van der Waals surface area contributed by atoms with Crippen LogP contribution in [0.2, 0.25) is 0 Å². The van der Waals surface area contributed by atoms with Crippen LogP contribution in [0.25, 0.3) is 0 Å². The predicted molar refractivity (Wildman–Crippen MR) is 62.9 cm³/mol. The Bertz CT molecular complexity index is 322. The van der Waals surface area contributed by atoms with E-state index < -0.39 is 0 Å². The average Bonchev–Trinajstić information content (AvgIpc) is 2.65. The SMILES string of the molecule is CN1CCCC(CNCc2ncnn2C)C1. The van der Waals surface area contributed by atoms with Gasteiger partial charge in [-0.1, -0.05) is 0 Å². The fourth-order valence-corrected chi connectivity index (χ4v) is 2.31. The summed E-state index contributed by atoms with van der Waals surface area (Å²) in [6.07, 6.45) is 4.27. The fraction of sp³-hybridized carbons (Fsp3) is 0.818. The summed E-state index contributed by atoms with van der Waals surface area (Å²) >= 11 is 0. The molecule has 1 saturated heterocycles. The third-order valence-electron chi connectivity index (χ3n) is 3.24. The van der Waals surface area contributed by atoms with Crippen LogP contribution in [0.5, 0.6) is 0 Å². The summed E-state index contributed by atoms with van der Waals surface area (Å²) < 4.78 is 1.82. The third-order valence-corrected chi connectivity index (χ3v) is 3.24.